The van der Waals surface area contributed by atoms with Crippen LogP contribution in [-0.4, -0.2) is 27.3 Å². The summed E-state index contributed by atoms with van der Waals surface area (Å²) in [5, 5.41) is 10.3. The van der Waals surface area contributed by atoms with Crippen molar-refractivity contribution in [2.24, 2.45) is 13.0 Å². The van der Waals surface area contributed by atoms with Gasteiger partial charge in [-0.05, 0) is 44.0 Å². The third-order valence-electron chi connectivity index (χ3n) is 4.26. The third-order valence-corrected chi connectivity index (χ3v) is 5.13. The van der Waals surface area contributed by atoms with Gasteiger partial charge in [-0.25, -0.2) is 4.98 Å². The summed E-state index contributed by atoms with van der Waals surface area (Å²) in [5.74, 6) is 1.80. The SMILES string of the molecule is CCOc1ccc(-c2csc(-c3cc(NC(=O)C4CC4)n(C)n3)n2)cc1. The van der Waals surface area contributed by atoms with Crippen molar-refractivity contribution in [2.45, 2.75) is 19.8 Å². The molecule has 7 heteroatoms. The lowest BCUT2D eigenvalue weighted by atomic mass is 10.2. The molecule has 3 aromatic rings. The number of hydrogen-bond donors (Lipinski definition) is 1. The van der Waals surface area contributed by atoms with Crippen LogP contribution in [0, 0.1) is 5.92 Å². The Bertz CT molecular complexity index is 925. The van der Waals surface area contributed by atoms with Crippen LogP contribution < -0.4 is 10.1 Å². The number of thiazole rings is 1. The average molecular weight is 368 g/mol. The second-order valence-corrected chi connectivity index (χ2v) is 7.16. The molecule has 1 saturated carbocycles. The van der Waals surface area contributed by atoms with Gasteiger partial charge in [-0.3, -0.25) is 9.48 Å². The minimum atomic E-state index is 0.0776. The van der Waals surface area contributed by atoms with Gasteiger partial charge >= 0.3 is 0 Å². The summed E-state index contributed by atoms with van der Waals surface area (Å²) in [6.07, 6.45) is 1.96. The number of ether oxygens (including phenoxy) is 1. The zero-order chi connectivity index (χ0) is 18.1. The van der Waals surface area contributed by atoms with Crippen molar-refractivity contribution in [1.29, 1.82) is 0 Å². The van der Waals surface area contributed by atoms with E-state index in [-0.39, 0.29) is 11.8 Å². The average Bonchev–Trinajstić information content (AvgIpc) is 3.27. The quantitative estimate of drug-likeness (QED) is 0.715. The smallest absolute Gasteiger partial charge is 0.228 e. The molecule has 1 amide bonds. The van der Waals surface area contributed by atoms with E-state index in [9.17, 15) is 4.79 Å². The van der Waals surface area contributed by atoms with Crippen molar-refractivity contribution in [3.8, 4) is 27.7 Å². The molecule has 1 aromatic carbocycles. The summed E-state index contributed by atoms with van der Waals surface area (Å²) in [6, 6.07) is 9.78. The number of carbonyl (C=O) groups excluding carboxylic acids is 1. The Morgan fingerprint density at radius 2 is 2.08 bits per heavy atom. The number of rotatable bonds is 6. The molecule has 0 aliphatic heterocycles. The highest BCUT2D eigenvalue weighted by molar-refractivity contribution is 7.13. The van der Waals surface area contributed by atoms with Gasteiger partial charge in [-0.2, -0.15) is 5.10 Å². The van der Waals surface area contributed by atoms with E-state index in [2.05, 4.69) is 10.4 Å². The topological polar surface area (TPSA) is 69.0 Å². The van der Waals surface area contributed by atoms with Crippen LogP contribution in [0.4, 0.5) is 5.82 Å². The molecule has 1 N–H and O–H groups in total. The molecule has 1 fully saturated rings. The number of carbonyl (C=O) groups is 1. The molecule has 0 unspecified atom stereocenters. The van der Waals surface area contributed by atoms with E-state index in [4.69, 9.17) is 9.72 Å². The first-order valence-electron chi connectivity index (χ1n) is 8.68. The Balaban J connectivity index is 1.53. The first-order chi connectivity index (χ1) is 12.6. The largest absolute Gasteiger partial charge is 0.494 e. The number of amides is 1. The van der Waals surface area contributed by atoms with E-state index in [1.54, 1.807) is 16.0 Å². The Morgan fingerprint density at radius 1 is 1.31 bits per heavy atom. The molecular formula is C19H20N4O2S. The van der Waals surface area contributed by atoms with Gasteiger partial charge in [-0.15, -0.1) is 11.3 Å². The number of nitrogens with one attached hydrogen (secondary N) is 1. The van der Waals surface area contributed by atoms with E-state index < -0.39 is 0 Å². The predicted molar refractivity (Wildman–Crippen MR) is 102 cm³/mol. The fraction of sp³-hybridized carbons (Fsp3) is 0.316. The van der Waals surface area contributed by atoms with Crippen molar-refractivity contribution in [2.75, 3.05) is 11.9 Å². The van der Waals surface area contributed by atoms with Crippen molar-refractivity contribution in [3.05, 3.63) is 35.7 Å². The minimum Gasteiger partial charge on any atom is -0.494 e. The van der Waals surface area contributed by atoms with Crippen molar-refractivity contribution >= 4 is 23.1 Å². The lowest BCUT2D eigenvalue weighted by molar-refractivity contribution is -0.117. The lowest BCUT2D eigenvalue weighted by Crippen LogP contribution is -2.15. The van der Waals surface area contributed by atoms with E-state index in [1.807, 2.05) is 49.7 Å². The van der Waals surface area contributed by atoms with Gasteiger partial charge in [0.1, 0.15) is 22.3 Å². The molecule has 134 valence electrons. The van der Waals surface area contributed by atoms with Crippen LogP contribution >= 0.6 is 11.3 Å². The maximum absolute atomic E-state index is 12.0. The third kappa shape index (κ3) is 3.48. The second-order valence-electron chi connectivity index (χ2n) is 6.30. The van der Waals surface area contributed by atoms with Crippen LogP contribution in [0.15, 0.2) is 35.7 Å². The molecular weight excluding hydrogens is 348 g/mol. The van der Waals surface area contributed by atoms with Gasteiger partial charge in [0.25, 0.3) is 0 Å². The highest BCUT2D eigenvalue weighted by Gasteiger charge is 2.30. The van der Waals surface area contributed by atoms with Gasteiger partial charge in [0.15, 0.2) is 0 Å². The summed E-state index contributed by atoms with van der Waals surface area (Å²) in [6.45, 7) is 2.62. The predicted octanol–water partition coefficient (Wildman–Crippen LogP) is 3.96. The fourth-order valence-corrected chi connectivity index (χ4v) is 3.46. The standard InChI is InChI=1S/C19H20N4O2S/c1-3-25-14-8-6-12(7-9-14)16-11-26-19(20-16)15-10-17(23(2)22-15)21-18(24)13-4-5-13/h6-11,13H,3-5H2,1-2H3,(H,21,24). The number of anilines is 1. The van der Waals surface area contributed by atoms with Gasteiger partial charge in [-0.1, -0.05) is 0 Å². The Morgan fingerprint density at radius 3 is 2.77 bits per heavy atom. The summed E-state index contributed by atoms with van der Waals surface area (Å²) in [4.78, 5) is 16.7. The zero-order valence-electron chi connectivity index (χ0n) is 14.7. The monoisotopic (exact) mass is 368 g/mol. The van der Waals surface area contributed by atoms with Crippen LogP contribution in [0.2, 0.25) is 0 Å². The first-order valence-corrected chi connectivity index (χ1v) is 9.56. The van der Waals surface area contributed by atoms with E-state index in [1.165, 1.54) is 0 Å². The fourth-order valence-electron chi connectivity index (χ4n) is 2.68. The molecule has 0 bridgehead atoms. The number of benzene rings is 1. The van der Waals surface area contributed by atoms with Crippen LogP contribution in [0.5, 0.6) is 5.75 Å². The van der Waals surface area contributed by atoms with Crippen molar-refractivity contribution < 1.29 is 9.53 Å². The molecule has 0 saturated heterocycles. The van der Waals surface area contributed by atoms with Crippen LogP contribution in [0.1, 0.15) is 19.8 Å². The Kier molecular flexibility index (Phi) is 4.46. The van der Waals surface area contributed by atoms with Gasteiger partial charge in [0.2, 0.25) is 5.91 Å². The maximum atomic E-state index is 12.0. The van der Waals surface area contributed by atoms with Crippen molar-refractivity contribution in [1.82, 2.24) is 14.8 Å². The zero-order valence-corrected chi connectivity index (χ0v) is 15.5. The maximum Gasteiger partial charge on any atom is 0.228 e. The normalized spacial score (nSPS) is 13.6. The van der Waals surface area contributed by atoms with Gasteiger partial charge in [0.05, 0.1) is 12.3 Å². The molecule has 4 rings (SSSR count). The Labute approximate surface area is 155 Å². The molecule has 2 aromatic heterocycles. The molecule has 1 aliphatic rings. The minimum absolute atomic E-state index is 0.0776. The summed E-state index contributed by atoms with van der Waals surface area (Å²) < 4.78 is 7.16. The van der Waals surface area contributed by atoms with Crippen LogP contribution in [0.25, 0.3) is 22.0 Å². The highest BCUT2D eigenvalue weighted by Crippen LogP contribution is 2.32. The molecule has 0 spiro atoms. The van der Waals surface area contributed by atoms with E-state index in [0.29, 0.717) is 12.4 Å². The van der Waals surface area contributed by atoms with Crippen LogP contribution in [-0.2, 0) is 11.8 Å². The van der Waals surface area contributed by atoms with E-state index >= 15 is 0 Å². The van der Waals surface area contributed by atoms with Gasteiger partial charge in [0, 0.05) is 30.0 Å². The number of aryl methyl sites for hydroxylation is 1. The van der Waals surface area contributed by atoms with Gasteiger partial charge < -0.3 is 10.1 Å². The molecule has 6 nitrogen and oxygen atoms in total. The summed E-state index contributed by atoms with van der Waals surface area (Å²) in [7, 11) is 1.83. The summed E-state index contributed by atoms with van der Waals surface area (Å²) in [5.41, 5.74) is 2.71. The number of nitrogens with zero attached hydrogens (tertiary/aromatic N) is 3. The molecule has 26 heavy (non-hydrogen) atoms. The Hall–Kier alpha value is -2.67. The summed E-state index contributed by atoms with van der Waals surface area (Å²) >= 11 is 1.54. The van der Waals surface area contributed by atoms with E-state index in [0.717, 1.165) is 40.6 Å². The highest BCUT2D eigenvalue weighted by atomic mass is 32.1. The van der Waals surface area contributed by atoms with Crippen molar-refractivity contribution in [3.63, 3.8) is 0 Å². The first kappa shape index (κ1) is 16.8. The second kappa shape index (κ2) is 6.92. The van der Waals surface area contributed by atoms with Crippen LogP contribution in [0.3, 0.4) is 0 Å². The number of aromatic nitrogens is 3. The molecule has 2 heterocycles. The molecule has 1 aliphatic carbocycles. The molecule has 0 radical (unpaired) electrons. The molecule has 0 atom stereocenters. The number of hydrogen-bond acceptors (Lipinski definition) is 5. The lowest BCUT2D eigenvalue weighted by Gasteiger charge is -2.03.